The molecular formula is C19H19F4N3O2. The third-order valence-corrected chi connectivity index (χ3v) is 4.51. The van der Waals surface area contributed by atoms with Gasteiger partial charge in [-0.25, -0.2) is 13.8 Å². The van der Waals surface area contributed by atoms with Crippen LogP contribution in [0.4, 0.5) is 17.6 Å². The van der Waals surface area contributed by atoms with E-state index in [0.717, 1.165) is 25.7 Å². The molecule has 1 aliphatic heterocycles. The van der Waals surface area contributed by atoms with Gasteiger partial charge in [-0.2, -0.15) is 8.78 Å². The first-order valence-electron chi connectivity index (χ1n) is 8.88. The van der Waals surface area contributed by atoms with Crippen LogP contribution < -0.4 is 4.74 Å². The molecule has 0 saturated carbocycles. The van der Waals surface area contributed by atoms with Crippen molar-refractivity contribution >= 4 is 5.84 Å². The fraction of sp³-hybridized carbons (Fsp3) is 0.368. The number of rotatable bonds is 3. The van der Waals surface area contributed by atoms with Crippen LogP contribution in [0.5, 0.6) is 11.6 Å². The minimum Gasteiger partial charge on any atom is -0.432 e. The van der Waals surface area contributed by atoms with Crippen LogP contribution in [-0.4, -0.2) is 34.0 Å². The molecule has 1 aromatic heterocycles. The molecule has 1 N–H and O–H groups in total. The van der Waals surface area contributed by atoms with E-state index in [1.165, 1.54) is 6.07 Å². The minimum atomic E-state index is -1.68. The molecule has 3 rings (SSSR count). The molecule has 0 spiro atoms. The number of ether oxygens (including phenoxy) is 1. The number of nitrogens with zero attached hydrogens (tertiary/aromatic N) is 3. The summed E-state index contributed by atoms with van der Waals surface area (Å²) >= 11 is 0. The molecule has 0 unspecified atom stereocenters. The molecule has 1 aromatic carbocycles. The van der Waals surface area contributed by atoms with Crippen molar-refractivity contribution < 1.29 is 27.5 Å². The third kappa shape index (κ3) is 4.02. The largest absolute Gasteiger partial charge is 0.432 e. The van der Waals surface area contributed by atoms with Gasteiger partial charge in [-0.1, -0.05) is 18.0 Å². The van der Waals surface area contributed by atoms with Crippen LogP contribution in [-0.2, 0) is 0 Å². The van der Waals surface area contributed by atoms with E-state index in [-0.39, 0.29) is 23.3 Å². The van der Waals surface area contributed by atoms with Crippen molar-refractivity contribution in [3.05, 3.63) is 52.7 Å². The van der Waals surface area contributed by atoms with Gasteiger partial charge in [0, 0.05) is 24.8 Å². The first-order chi connectivity index (χ1) is 13.4. The smallest absolute Gasteiger partial charge is 0.230 e. The van der Waals surface area contributed by atoms with Crippen molar-refractivity contribution in [1.82, 2.24) is 9.88 Å². The molecule has 1 aliphatic rings. The summed E-state index contributed by atoms with van der Waals surface area (Å²) in [5, 5.41) is 12.9. The second-order valence-corrected chi connectivity index (χ2v) is 6.53. The van der Waals surface area contributed by atoms with E-state index < -0.39 is 29.0 Å². The van der Waals surface area contributed by atoms with E-state index in [0.29, 0.717) is 18.8 Å². The summed E-state index contributed by atoms with van der Waals surface area (Å²) in [5.74, 6) is -7.99. The number of aryl methyl sites for hydroxylation is 1. The zero-order valence-electron chi connectivity index (χ0n) is 15.2. The van der Waals surface area contributed by atoms with Crippen molar-refractivity contribution in [3.63, 3.8) is 0 Å². The number of benzene rings is 1. The summed E-state index contributed by atoms with van der Waals surface area (Å²) in [6, 6.07) is 3.22. The Labute approximate surface area is 159 Å². The SMILES string of the molecule is Cc1ccc(/C(=N/O)N2CCCCCC2)c(Oc2c(F)c(F)cc(F)c2F)n1. The van der Waals surface area contributed by atoms with Crippen molar-refractivity contribution in [2.24, 2.45) is 5.16 Å². The summed E-state index contributed by atoms with van der Waals surface area (Å²) < 4.78 is 60.2. The van der Waals surface area contributed by atoms with E-state index >= 15 is 0 Å². The molecule has 1 fully saturated rings. The van der Waals surface area contributed by atoms with Crippen molar-refractivity contribution in [2.75, 3.05) is 13.1 Å². The number of pyridine rings is 1. The van der Waals surface area contributed by atoms with Gasteiger partial charge in [-0.15, -0.1) is 0 Å². The van der Waals surface area contributed by atoms with E-state index in [9.17, 15) is 22.8 Å². The Hall–Kier alpha value is -2.84. The minimum absolute atomic E-state index is 0.0972. The predicted octanol–water partition coefficient (Wildman–Crippen LogP) is 4.75. The Morgan fingerprint density at radius 3 is 2.21 bits per heavy atom. The summed E-state index contributed by atoms with van der Waals surface area (Å²) in [7, 11) is 0. The lowest BCUT2D eigenvalue weighted by atomic mass is 10.2. The average Bonchev–Trinajstić information content (AvgIpc) is 2.95. The summed E-state index contributed by atoms with van der Waals surface area (Å²) in [6.45, 7) is 2.84. The Kier molecular flexibility index (Phi) is 6.01. The van der Waals surface area contributed by atoms with Gasteiger partial charge < -0.3 is 14.8 Å². The number of hydrogen-bond donors (Lipinski definition) is 1. The van der Waals surface area contributed by atoms with Crippen LogP contribution >= 0.6 is 0 Å². The van der Waals surface area contributed by atoms with Gasteiger partial charge in [0.2, 0.25) is 23.3 Å². The van der Waals surface area contributed by atoms with Gasteiger partial charge in [-0.05, 0) is 31.9 Å². The number of aromatic nitrogens is 1. The quantitative estimate of drug-likeness (QED) is 0.203. The monoisotopic (exact) mass is 397 g/mol. The Morgan fingerprint density at radius 2 is 1.64 bits per heavy atom. The molecule has 0 aliphatic carbocycles. The number of hydrogen-bond acceptors (Lipinski definition) is 4. The fourth-order valence-electron chi connectivity index (χ4n) is 3.09. The standard InChI is InChI=1S/C19H19F4N3O2/c1-11-6-7-12(18(25-27)26-8-4-2-3-5-9-26)19(24-11)28-17-15(22)13(20)10-14(21)16(17)23/h6-7,10,27H,2-5,8-9H2,1H3/b25-18-. The van der Waals surface area contributed by atoms with Gasteiger partial charge in [0.05, 0.1) is 5.56 Å². The van der Waals surface area contributed by atoms with Crippen molar-refractivity contribution in [3.8, 4) is 11.6 Å². The molecule has 0 bridgehead atoms. The maximum Gasteiger partial charge on any atom is 0.230 e. The fourth-order valence-corrected chi connectivity index (χ4v) is 3.09. The lowest BCUT2D eigenvalue weighted by Crippen LogP contribution is -2.33. The second-order valence-electron chi connectivity index (χ2n) is 6.53. The molecule has 1 saturated heterocycles. The second kappa shape index (κ2) is 8.45. The highest BCUT2D eigenvalue weighted by molar-refractivity contribution is 6.00. The molecule has 2 heterocycles. The van der Waals surface area contributed by atoms with Crippen LogP contribution in [0.1, 0.15) is 36.9 Å². The van der Waals surface area contributed by atoms with Crippen LogP contribution in [0.2, 0.25) is 0 Å². The van der Waals surface area contributed by atoms with E-state index in [2.05, 4.69) is 10.1 Å². The number of oxime groups is 1. The lowest BCUT2D eigenvalue weighted by molar-refractivity contribution is 0.300. The van der Waals surface area contributed by atoms with Gasteiger partial charge in [-0.3, -0.25) is 0 Å². The zero-order valence-corrected chi connectivity index (χ0v) is 15.2. The Balaban J connectivity index is 2.05. The molecule has 150 valence electrons. The summed E-state index contributed by atoms with van der Waals surface area (Å²) in [5.41, 5.74) is 0.586. The number of halogens is 4. The zero-order chi connectivity index (χ0) is 20.3. The summed E-state index contributed by atoms with van der Waals surface area (Å²) in [6.07, 6.45) is 3.83. The number of amidine groups is 1. The highest BCUT2D eigenvalue weighted by atomic mass is 19.2. The first-order valence-corrected chi connectivity index (χ1v) is 8.88. The highest BCUT2D eigenvalue weighted by Gasteiger charge is 2.26. The van der Waals surface area contributed by atoms with Crippen molar-refractivity contribution in [2.45, 2.75) is 32.6 Å². The predicted molar refractivity (Wildman–Crippen MR) is 93.7 cm³/mol. The van der Waals surface area contributed by atoms with Crippen LogP contribution in [0.25, 0.3) is 0 Å². The van der Waals surface area contributed by atoms with Crippen LogP contribution in [0.3, 0.4) is 0 Å². The molecule has 2 aromatic rings. The van der Waals surface area contributed by atoms with Gasteiger partial charge in [0.1, 0.15) is 0 Å². The molecule has 9 heteroatoms. The topological polar surface area (TPSA) is 58.0 Å². The maximum atomic E-state index is 14.0. The molecule has 5 nitrogen and oxygen atoms in total. The third-order valence-electron chi connectivity index (χ3n) is 4.51. The van der Waals surface area contributed by atoms with Crippen LogP contribution in [0, 0.1) is 30.2 Å². The molecular weight excluding hydrogens is 378 g/mol. The maximum absolute atomic E-state index is 14.0. The normalized spacial score (nSPS) is 15.5. The lowest BCUT2D eigenvalue weighted by Gasteiger charge is -2.24. The Morgan fingerprint density at radius 1 is 1.04 bits per heavy atom. The molecule has 0 radical (unpaired) electrons. The van der Waals surface area contributed by atoms with Gasteiger partial charge in [0.25, 0.3) is 0 Å². The Bertz CT molecular complexity index is 871. The molecule has 0 atom stereocenters. The summed E-state index contributed by atoms with van der Waals surface area (Å²) in [4.78, 5) is 5.89. The van der Waals surface area contributed by atoms with Crippen molar-refractivity contribution in [1.29, 1.82) is 0 Å². The molecule has 28 heavy (non-hydrogen) atoms. The number of likely N-dealkylation sites (tertiary alicyclic amines) is 1. The van der Waals surface area contributed by atoms with Crippen LogP contribution in [0.15, 0.2) is 23.4 Å². The molecule has 0 amide bonds. The average molecular weight is 397 g/mol. The van der Waals surface area contributed by atoms with E-state index in [1.54, 1.807) is 13.0 Å². The first kappa shape index (κ1) is 19.9. The van der Waals surface area contributed by atoms with Gasteiger partial charge >= 0.3 is 0 Å². The van der Waals surface area contributed by atoms with E-state index in [1.807, 2.05) is 4.90 Å². The van der Waals surface area contributed by atoms with E-state index in [4.69, 9.17) is 4.74 Å². The highest BCUT2D eigenvalue weighted by Crippen LogP contribution is 2.32. The van der Waals surface area contributed by atoms with Gasteiger partial charge in [0.15, 0.2) is 17.5 Å².